The zero-order valence-corrected chi connectivity index (χ0v) is 18.5. The van der Waals surface area contributed by atoms with E-state index in [4.69, 9.17) is 9.84 Å². The third-order valence-electron chi connectivity index (χ3n) is 5.39. The first-order chi connectivity index (χ1) is 16.4. The molecule has 0 saturated heterocycles. The Kier molecular flexibility index (Phi) is 6.26. The molecular weight excluding hydrogens is 436 g/mol. The lowest BCUT2D eigenvalue weighted by atomic mass is 10.1. The van der Waals surface area contributed by atoms with Crippen molar-refractivity contribution in [3.63, 3.8) is 0 Å². The number of aromatic nitrogens is 2. The molecular formula is C25H22N4O5. The van der Waals surface area contributed by atoms with Crippen molar-refractivity contribution in [2.45, 2.75) is 6.42 Å². The summed E-state index contributed by atoms with van der Waals surface area (Å²) in [6.07, 6.45) is 1.32. The molecule has 0 aliphatic carbocycles. The van der Waals surface area contributed by atoms with Gasteiger partial charge in [0.25, 0.3) is 11.8 Å². The van der Waals surface area contributed by atoms with Crippen LogP contribution in [0.1, 0.15) is 26.3 Å². The number of carbonyl (C=O) groups is 3. The summed E-state index contributed by atoms with van der Waals surface area (Å²) in [6.45, 7) is 0. The number of aliphatic carboxylic acids is 1. The minimum absolute atomic E-state index is 0.204. The number of methoxy groups -OCH3 is 1. The second kappa shape index (κ2) is 9.45. The Morgan fingerprint density at radius 1 is 1.09 bits per heavy atom. The van der Waals surface area contributed by atoms with Crippen molar-refractivity contribution in [2.75, 3.05) is 24.4 Å². The van der Waals surface area contributed by atoms with Crippen LogP contribution in [-0.2, 0) is 11.2 Å². The molecule has 0 saturated carbocycles. The van der Waals surface area contributed by atoms with Crippen LogP contribution >= 0.6 is 0 Å². The predicted molar refractivity (Wildman–Crippen MR) is 128 cm³/mol. The Morgan fingerprint density at radius 2 is 1.88 bits per heavy atom. The number of hydrogen-bond donors (Lipinski definition) is 3. The summed E-state index contributed by atoms with van der Waals surface area (Å²) in [4.78, 5) is 45.8. The third-order valence-corrected chi connectivity index (χ3v) is 5.39. The van der Waals surface area contributed by atoms with Gasteiger partial charge < -0.3 is 25.0 Å². The molecule has 9 heteroatoms. The average Bonchev–Trinajstić information content (AvgIpc) is 3.32. The van der Waals surface area contributed by atoms with E-state index in [0.717, 1.165) is 5.52 Å². The minimum atomic E-state index is -0.986. The number of benzene rings is 3. The van der Waals surface area contributed by atoms with Crippen LogP contribution in [0.15, 0.2) is 67.0 Å². The van der Waals surface area contributed by atoms with E-state index in [9.17, 15) is 14.4 Å². The van der Waals surface area contributed by atoms with Gasteiger partial charge in [-0.05, 0) is 42.0 Å². The average molecular weight is 458 g/mol. The summed E-state index contributed by atoms with van der Waals surface area (Å²) >= 11 is 0. The zero-order valence-electron chi connectivity index (χ0n) is 18.5. The van der Waals surface area contributed by atoms with Crippen molar-refractivity contribution in [1.82, 2.24) is 9.97 Å². The van der Waals surface area contributed by atoms with Gasteiger partial charge in [0.1, 0.15) is 11.3 Å². The standard InChI is InChI=1S/C25H22N4O5/c1-29(20-9-4-3-6-15(20)13-22(30)31)25(33)16-10-11-18(21(12-16)34-2)28-24(32)17-7-5-8-19-23(17)27-14-26-19/h3-12,14H,13H2,1-2H3,(H,26,27)(H,28,32)(H,30,31). The number of rotatable bonds is 7. The highest BCUT2D eigenvalue weighted by Crippen LogP contribution is 2.29. The lowest BCUT2D eigenvalue weighted by Crippen LogP contribution is -2.27. The quantitative estimate of drug-likeness (QED) is 0.388. The van der Waals surface area contributed by atoms with E-state index >= 15 is 0 Å². The molecule has 0 fully saturated rings. The maximum Gasteiger partial charge on any atom is 0.307 e. The number of aromatic amines is 1. The highest BCUT2D eigenvalue weighted by molar-refractivity contribution is 6.12. The molecule has 0 bridgehead atoms. The second-order valence-electron chi connectivity index (χ2n) is 7.54. The van der Waals surface area contributed by atoms with Gasteiger partial charge in [-0.2, -0.15) is 0 Å². The van der Waals surface area contributed by atoms with Gasteiger partial charge in [0.2, 0.25) is 0 Å². The Hall–Kier alpha value is -4.66. The smallest absolute Gasteiger partial charge is 0.307 e. The number of imidazole rings is 1. The lowest BCUT2D eigenvalue weighted by molar-refractivity contribution is -0.136. The van der Waals surface area contributed by atoms with Gasteiger partial charge in [0, 0.05) is 18.3 Å². The van der Waals surface area contributed by atoms with Crippen LogP contribution < -0.4 is 15.0 Å². The van der Waals surface area contributed by atoms with Gasteiger partial charge >= 0.3 is 5.97 Å². The molecule has 0 unspecified atom stereocenters. The van der Waals surface area contributed by atoms with Crippen LogP contribution in [-0.4, -0.2) is 47.0 Å². The highest BCUT2D eigenvalue weighted by atomic mass is 16.5. The normalized spacial score (nSPS) is 10.6. The maximum atomic E-state index is 13.1. The Labute approximate surface area is 195 Å². The van der Waals surface area contributed by atoms with E-state index in [0.29, 0.717) is 39.3 Å². The molecule has 2 amide bonds. The number of carbonyl (C=O) groups excluding carboxylic acids is 2. The molecule has 0 atom stereocenters. The van der Waals surface area contributed by atoms with Crippen LogP contribution in [0.4, 0.5) is 11.4 Å². The van der Waals surface area contributed by atoms with E-state index in [1.165, 1.54) is 24.4 Å². The van der Waals surface area contributed by atoms with E-state index in [1.54, 1.807) is 55.6 Å². The fourth-order valence-corrected chi connectivity index (χ4v) is 3.72. The molecule has 0 aliphatic heterocycles. The van der Waals surface area contributed by atoms with Crippen molar-refractivity contribution in [2.24, 2.45) is 0 Å². The SMILES string of the molecule is COc1cc(C(=O)N(C)c2ccccc2CC(=O)O)ccc1NC(=O)c1cccc2[nH]cnc12. The largest absolute Gasteiger partial charge is 0.495 e. The molecule has 0 aliphatic rings. The number of nitrogens with zero attached hydrogens (tertiary/aromatic N) is 2. The lowest BCUT2D eigenvalue weighted by Gasteiger charge is -2.21. The summed E-state index contributed by atoms with van der Waals surface area (Å²) in [5.74, 6) is -1.40. The number of ether oxygens (including phenoxy) is 1. The number of H-pyrrole nitrogens is 1. The molecule has 34 heavy (non-hydrogen) atoms. The predicted octanol–water partition coefficient (Wildman–Crippen LogP) is 3.73. The summed E-state index contributed by atoms with van der Waals surface area (Å²) in [7, 11) is 3.02. The number of fused-ring (bicyclic) bond motifs is 1. The molecule has 9 nitrogen and oxygen atoms in total. The van der Waals surface area contributed by atoms with Crippen LogP contribution in [0.2, 0.25) is 0 Å². The van der Waals surface area contributed by atoms with E-state index < -0.39 is 5.97 Å². The van der Waals surface area contributed by atoms with Gasteiger partial charge in [-0.15, -0.1) is 0 Å². The maximum absolute atomic E-state index is 13.1. The molecule has 1 heterocycles. The number of hydrogen-bond acceptors (Lipinski definition) is 5. The monoisotopic (exact) mass is 458 g/mol. The molecule has 1 aromatic heterocycles. The number of anilines is 2. The number of carboxylic acids is 1. The van der Waals surface area contributed by atoms with E-state index in [-0.39, 0.29) is 18.2 Å². The molecule has 4 aromatic rings. The van der Waals surface area contributed by atoms with Gasteiger partial charge in [0.15, 0.2) is 0 Å². The van der Waals surface area contributed by atoms with Crippen LogP contribution in [0, 0.1) is 0 Å². The first-order valence-electron chi connectivity index (χ1n) is 10.4. The number of para-hydroxylation sites is 2. The highest BCUT2D eigenvalue weighted by Gasteiger charge is 2.20. The Morgan fingerprint density at radius 3 is 2.65 bits per heavy atom. The third kappa shape index (κ3) is 4.44. The van der Waals surface area contributed by atoms with Crippen molar-refractivity contribution >= 4 is 40.2 Å². The summed E-state index contributed by atoms with van der Waals surface area (Å²) in [5.41, 5.74) is 3.42. The fourth-order valence-electron chi connectivity index (χ4n) is 3.72. The Balaban J connectivity index is 1.59. The van der Waals surface area contributed by atoms with Crippen molar-refractivity contribution in [1.29, 1.82) is 0 Å². The molecule has 4 rings (SSSR count). The molecule has 3 aromatic carbocycles. The summed E-state index contributed by atoms with van der Waals surface area (Å²) in [6, 6.07) is 16.8. The van der Waals surface area contributed by atoms with E-state index in [2.05, 4.69) is 15.3 Å². The molecule has 0 radical (unpaired) electrons. The molecule has 3 N–H and O–H groups in total. The molecule has 0 spiro atoms. The van der Waals surface area contributed by atoms with Crippen molar-refractivity contribution in [3.8, 4) is 5.75 Å². The van der Waals surface area contributed by atoms with Gasteiger partial charge in [-0.3, -0.25) is 14.4 Å². The topological polar surface area (TPSA) is 125 Å². The molecule has 172 valence electrons. The van der Waals surface area contributed by atoms with Crippen molar-refractivity contribution < 1.29 is 24.2 Å². The number of nitrogens with one attached hydrogen (secondary N) is 2. The van der Waals surface area contributed by atoms with Crippen molar-refractivity contribution in [3.05, 3.63) is 83.7 Å². The Bertz CT molecular complexity index is 1400. The summed E-state index contributed by atoms with van der Waals surface area (Å²) < 4.78 is 5.42. The first kappa shape index (κ1) is 22.5. The van der Waals surface area contributed by atoms with Crippen LogP contribution in [0.5, 0.6) is 5.75 Å². The van der Waals surface area contributed by atoms with E-state index in [1.807, 2.05) is 6.07 Å². The van der Waals surface area contributed by atoms with Gasteiger partial charge in [0.05, 0.1) is 36.6 Å². The second-order valence-corrected chi connectivity index (χ2v) is 7.54. The minimum Gasteiger partial charge on any atom is -0.495 e. The number of amides is 2. The van der Waals surface area contributed by atoms with Gasteiger partial charge in [-0.1, -0.05) is 24.3 Å². The first-order valence-corrected chi connectivity index (χ1v) is 10.4. The van der Waals surface area contributed by atoms with Crippen LogP contribution in [0.3, 0.4) is 0 Å². The summed E-state index contributed by atoms with van der Waals surface area (Å²) in [5, 5.41) is 12.0. The zero-order chi connectivity index (χ0) is 24.2. The van der Waals surface area contributed by atoms with Crippen LogP contribution in [0.25, 0.3) is 11.0 Å². The number of carboxylic acid groups (broad SMARTS) is 1. The fraction of sp³-hybridized carbons (Fsp3) is 0.120. The van der Waals surface area contributed by atoms with Gasteiger partial charge in [-0.25, -0.2) is 4.98 Å².